The van der Waals surface area contributed by atoms with Crippen molar-refractivity contribution in [3.63, 3.8) is 0 Å². The Hall–Kier alpha value is -2.11. The number of amides is 2. The Labute approximate surface area is 110 Å². The van der Waals surface area contributed by atoms with Gasteiger partial charge in [-0.3, -0.25) is 9.59 Å². The first-order valence-corrected chi connectivity index (χ1v) is 6.02. The number of ether oxygens (including phenoxy) is 1. The Bertz CT molecular complexity index is 438. The molecule has 0 spiro atoms. The molecule has 0 aliphatic heterocycles. The summed E-state index contributed by atoms with van der Waals surface area (Å²) in [6.45, 7) is 0.493. The largest absolute Gasteiger partial charge is 0.491 e. The summed E-state index contributed by atoms with van der Waals surface area (Å²) in [6.07, 6.45) is 0.849. The van der Waals surface area contributed by atoms with Crippen molar-refractivity contribution < 1.29 is 18.7 Å². The minimum Gasteiger partial charge on any atom is -0.491 e. The number of carbonyl (C=O) groups excluding carboxylic acids is 2. The highest BCUT2D eigenvalue weighted by atomic mass is 19.1. The molecule has 5 nitrogen and oxygen atoms in total. The lowest BCUT2D eigenvalue weighted by molar-refractivity contribution is -0.121. The Morgan fingerprint density at radius 3 is 2.68 bits per heavy atom. The molecule has 0 bridgehead atoms. The van der Waals surface area contributed by atoms with Gasteiger partial charge >= 0.3 is 0 Å². The van der Waals surface area contributed by atoms with Gasteiger partial charge in [-0.25, -0.2) is 4.39 Å². The van der Waals surface area contributed by atoms with Crippen LogP contribution < -0.4 is 15.8 Å². The number of hydrogen-bond donors (Lipinski definition) is 2. The van der Waals surface area contributed by atoms with Crippen LogP contribution >= 0.6 is 0 Å². The molecule has 0 saturated carbocycles. The van der Waals surface area contributed by atoms with Crippen LogP contribution in [0.1, 0.15) is 19.3 Å². The van der Waals surface area contributed by atoms with E-state index in [1.54, 1.807) is 12.1 Å². The molecular weight excluding hydrogens is 251 g/mol. The molecule has 0 saturated heterocycles. The van der Waals surface area contributed by atoms with Gasteiger partial charge in [0.1, 0.15) is 0 Å². The van der Waals surface area contributed by atoms with Gasteiger partial charge < -0.3 is 15.8 Å². The molecule has 0 heterocycles. The summed E-state index contributed by atoms with van der Waals surface area (Å²) in [7, 11) is 0. The molecule has 3 N–H and O–H groups in total. The second kappa shape index (κ2) is 8.07. The molecule has 6 heteroatoms. The van der Waals surface area contributed by atoms with E-state index in [9.17, 15) is 14.0 Å². The van der Waals surface area contributed by atoms with Crippen molar-refractivity contribution in [2.24, 2.45) is 5.73 Å². The summed E-state index contributed by atoms with van der Waals surface area (Å²) in [5, 5.41) is 2.55. The van der Waals surface area contributed by atoms with E-state index in [1.807, 2.05) is 0 Å². The second-order valence-electron chi connectivity index (χ2n) is 3.95. The third-order valence-corrected chi connectivity index (χ3v) is 2.34. The van der Waals surface area contributed by atoms with E-state index in [2.05, 4.69) is 5.32 Å². The summed E-state index contributed by atoms with van der Waals surface area (Å²) in [5.41, 5.74) is 4.93. The van der Waals surface area contributed by atoms with Crippen LogP contribution in [0.15, 0.2) is 24.3 Å². The number of primary amides is 1. The molecule has 0 aliphatic carbocycles. The van der Waals surface area contributed by atoms with Crippen LogP contribution in [0.25, 0.3) is 0 Å². The first kappa shape index (κ1) is 14.9. The Balaban J connectivity index is 2.12. The van der Waals surface area contributed by atoms with Crippen molar-refractivity contribution in [2.75, 3.05) is 13.2 Å². The molecule has 0 unspecified atom stereocenters. The van der Waals surface area contributed by atoms with E-state index in [-0.39, 0.29) is 37.6 Å². The summed E-state index contributed by atoms with van der Waals surface area (Å²) < 4.78 is 18.4. The van der Waals surface area contributed by atoms with Crippen LogP contribution in [0.4, 0.5) is 4.39 Å². The lowest BCUT2D eigenvalue weighted by Gasteiger charge is -2.07. The Morgan fingerprint density at radius 1 is 1.26 bits per heavy atom. The SMILES string of the molecule is NC(=O)CCNC(=O)CCCOc1ccccc1F. The fourth-order valence-electron chi connectivity index (χ4n) is 1.39. The molecule has 1 aromatic carbocycles. The third kappa shape index (κ3) is 6.40. The van der Waals surface area contributed by atoms with Gasteiger partial charge in [-0.05, 0) is 18.6 Å². The van der Waals surface area contributed by atoms with Crippen LogP contribution in [0.5, 0.6) is 5.75 Å². The van der Waals surface area contributed by atoms with Crippen molar-refractivity contribution in [3.8, 4) is 5.75 Å². The minimum absolute atomic E-state index is 0.122. The molecule has 1 rings (SSSR count). The predicted molar refractivity (Wildman–Crippen MR) is 68.0 cm³/mol. The molecule has 0 fully saturated rings. The monoisotopic (exact) mass is 268 g/mol. The summed E-state index contributed by atoms with van der Waals surface area (Å²) in [6, 6.07) is 6.09. The summed E-state index contributed by atoms with van der Waals surface area (Å²) in [5.74, 6) is -0.883. The molecule has 2 amide bonds. The molecular formula is C13H17FN2O3. The minimum atomic E-state index is -0.455. The van der Waals surface area contributed by atoms with E-state index in [4.69, 9.17) is 10.5 Å². The van der Waals surface area contributed by atoms with Gasteiger partial charge in [-0.1, -0.05) is 12.1 Å². The van der Waals surface area contributed by atoms with Crippen LogP contribution in [0, 0.1) is 5.82 Å². The van der Waals surface area contributed by atoms with Crippen LogP contribution in [0.2, 0.25) is 0 Å². The van der Waals surface area contributed by atoms with Gasteiger partial charge in [0.05, 0.1) is 6.61 Å². The molecule has 0 radical (unpaired) electrons. The average Bonchev–Trinajstić information content (AvgIpc) is 2.36. The van der Waals surface area contributed by atoms with Crippen molar-refractivity contribution >= 4 is 11.8 Å². The second-order valence-corrected chi connectivity index (χ2v) is 3.95. The zero-order valence-corrected chi connectivity index (χ0v) is 10.5. The molecule has 1 aromatic rings. The number of benzene rings is 1. The Kier molecular flexibility index (Phi) is 6.35. The van der Waals surface area contributed by atoms with E-state index < -0.39 is 11.7 Å². The van der Waals surface area contributed by atoms with Gasteiger partial charge in [0.25, 0.3) is 0 Å². The number of hydrogen-bond acceptors (Lipinski definition) is 3. The smallest absolute Gasteiger partial charge is 0.220 e. The summed E-state index contributed by atoms with van der Waals surface area (Å²) in [4.78, 5) is 21.8. The number of nitrogens with two attached hydrogens (primary N) is 1. The van der Waals surface area contributed by atoms with Gasteiger partial charge in [-0.2, -0.15) is 0 Å². The maximum atomic E-state index is 13.2. The predicted octanol–water partition coefficient (Wildman–Crippen LogP) is 0.976. The average molecular weight is 268 g/mol. The van der Waals surface area contributed by atoms with Crippen molar-refractivity contribution in [1.82, 2.24) is 5.32 Å². The standard InChI is InChI=1S/C13H17FN2O3/c14-10-4-1-2-5-11(10)19-9-3-6-13(18)16-8-7-12(15)17/h1-2,4-5H,3,6-9H2,(H2,15,17)(H,16,18). The van der Waals surface area contributed by atoms with Crippen LogP contribution in [-0.2, 0) is 9.59 Å². The quantitative estimate of drug-likeness (QED) is 0.689. The van der Waals surface area contributed by atoms with Gasteiger partial charge in [-0.15, -0.1) is 0 Å². The molecule has 0 aromatic heterocycles. The Morgan fingerprint density at radius 2 is 2.00 bits per heavy atom. The highest BCUT2D eigenvalue weighted by Crippen LogP contribution is 2.15. The normalized spacial score (nSPS) is 9.95. The zero-order valence-electron chi connectivity index (χ0n) is 10.5. The number of nitrogens with one attached hydrogen (secondary N) is 1. The van der Waals surface area contributed by atoms with E-state index in [0.29, 0.717) is 6.42 Å². The van der Waals surface area contributed by atoms with E-state index in [1.165, 1.54) is 12.1 Å². The fourth-order valence-corrected chi connectivity index (χ4v) is 1.39. The lowest BCUT2D eigenvalue weighted by Crippen LogP contribution is -2.27. The molecule has 19 heavy (non-hydrogen) atoms. The summed E-state index contributed by atoms with van der Waals surface area (Å²) >= 11 is 0. The van der Waals surface area contributed by atoms with Gasteiger partial charge in [0.15, 0.2) is 11.6 Å². The highest BCUT2D eigenvalue weighted by Gasteiger charge is 2.04. The lowest BCUT2D eigenvalue weighted by atomic mass is 10.3. The molecule has 0 atom stereocenters. The van der Waals surface area contributed by atoms with Crippen molar-refractivity contribution in [3.05, 3.63) is 30.1 Å². The first-order chi connectivity index (χ1) is 9.09. The van der Waals surface area contributed by atoms with Crippen molar-refractivity contribution in [1.29, 1.82) is 0 Å². The zero-order chi connectivity index (χ0) is 14.1. The maximum absolute atomic E-state index is 13.2. The maximum Gasteiger partial charge on any atom is 0.220 e. The number of halogens is 1. The van der Waals surface area contributed by atoms with Crippen molar-refractivity contribution in [2.45, 2.75) is 19.3 Å². The van der Waals surface area contributed by atoms with Gasteiger partial charge in [0.2, 0.25) is 11.8 Å². The van der Waals surface area contributed by atoms with Crippen LogP contribution in [0.3, 0.4) is 0 Å². The highest BCUT2D eigenvalue weighted by molar-refractivity contribution is 5.77. The molecule has 0 aliphatic rings. The number of carbonyl (C=O) groups is 2. The number of rotatable bonds is 8. The number of para-hydroxylation sites is 1. The molecule has 104 valence electrons. The first-order valence-electron chi connectivity index (χ1n) is 6.02. The third-order valence-electron chi connectivity index (χ3n) is 2.34. The van der Waals surface area contributed by atoms with E-state index >= 15 is 0 Å². The van der Waals surface area contributed by atoms with Gasteiger partial charge in [0, 0.05) is 19.4 Å². The topological polar surface area (TPSA) is 81.4 Å². The van der Waals surface area contributed by atoms with Crippen LogP contribution in [-0.4, -0.2) is 25.0 Å². The van der Waals surface area contributed by atoms with E-state index in [0.717, 1.165) is 0 Å². The fraction of sp³-hybridized carbons (Fsp3) is 0.385.